The first-order chi connectivity index (χ1) is 9.83. The molecule has 0 radical (unpaired) electrons. The Morgan fingerprint density at radius 3 is 2.86 bits per heavy atom. The van der Waals surface area contributed by atoms with Crippen LogP contribution >= 0.6 is 0 Å². The summed E-state index contributed by atoms with van der Waals surface area (Å²) in [5, 5.41) is 0. The third-order valence-electron chi connectivity index (χ3n) is 3.81. The summed E-state index contributed by atoms with van der Waals surface area (Å²) in [5.41, 5.74) is 1.01. The molecule has 1 aliphatic rings. The first kappa shape index (κ1) is 16.2. The SMILES string of the molecule is Cn1ccc(CN2CCC[C@@H](CNS(C)(=O)=O)C2)cc1=O. The Hall–Kier alpha value is -1.18. The molecule has 2 heterocycles. The van der Waals surface area contributed by atoms with Gasteiger partial charge in [0, 0.05) is 38.9 Å². The normalized spacial score (nSPS) is 20.6. The maximum atomic E-state index is 11.6. The van der Waals surface area contributed by atoms with E-state index in [1.165, 1.54) is 6.26 Å². The van der Waals surface area contributed by atoms with Gasteiger partial charge in [0.15, 0.2) is 0 Å². The Morgan fingerprint density at radius 1 is 1.43 bits per heavy atom. The van der Waals surface area contributed by atoms with Crippen molar-refractivity contribution in [1.82, 2.24) is 14.2 Å². The van der Waals surface area contributed by atoms with Crippen LogP contribution in [-0.2, 0) is 23.6 Å². The molecule has 0 amide bonds. The highest BCUT2D eigenvalue weighted by molar-refractivity contribution is 7.88. The fourth-order valence-electron chi connectivity index (χ4n) is 2.68. The highest BCUT2D eigenvalue weighted by Crippen LogP contribution is 2.17. The number of likely N-dealkylation sites (tertiary alicyclic amines) is 1. The zero-order valence-corrected chi connectivity index (χ0v) is 13.4. The Balaban J connectivity index is 1.91. The van der Waals surface area contributed by atoms with E-state index in [-0.39, 0.29) is 5.56 Å². The molecule has 0 aliphatic carbocycles. The van der Waals surface area contributed by atoms with Crippen molar-refractivity contribution in [2.45, 2.75) is 19.4 Å². The highest BCUT2D eigenvalue weighted by Gasteiger charge is 2.20. The van der Waals surface area contributed by atoms with E-state index in [2.05, 4.69) is 9.62 Å². The molecule has 1 atom stereocenters. The van der Waals surface area contributed by atoms with Crippen molar-refractivity contribution in [2.24, 2.45) is 13.0 Å². The van der Waals surface area contributed by atoms with Crippen molar-refractivity contribution in [3.63, 3.8) is 0 Å². The van der Waals surface area contributed by atoms with E-state index >= 15 is 0 Å². The summed E-state index contributed by atoms with van der Waals surface area (Å²) in [4.78, 5) is 13.9. The van der Waals surface area contributed by atoms with Crippen molar-refractivity contribution >= 4 is 10.0 Å². The molecule has 1 fully saturated rings. The van der Waals surface area contributed by atoms with E-state index in [1.54, 1.807) is 23.9 Å². The Kier molecular flexibility index (Phi) is 5.18. The van der Waals surface area contributed by atoms with Gasteiger partial charge in [0.2, 0.25) is 10.0 Å². The zero-order chi connectivity index (χ0) is 15.5. The molecule has 7 heteroatoms. The van der Waals surface area contributed by atoms with Gasteiger partial charge < -0.3 is 4.57 Å². The number of hydrogen-bond acceptors (Lipinski definition) is 4. The van der Waals surface area contributed by atoms with Gasteiger partial charge in [-0.1, -0.05) is 0 Å². The van der Waals surface area contributed by atoms with E-state index in [0.29, 0.717) is 12.5 Å². The minimum atomic E-state index is -3.12. The van der Waals surface area contributed by atoms with Crippen LogP contribution in [-0.4, -0.2) is 43.8 Å². The first-order valence-electron chi connectivity index (χ1n) is 7.16. The standard InChI is InChI=1S/C14H23N3O3S/c1-16-7-5-12(8-14(16)18)10-17-6-3-4-13(11-17)9-15-21(2,19)20/h5,7-8,13,15H,3-4,6,9-11H2,1-2H3/t13-/m0/s1. The van der Waals surface area contributed by atoms with Crippen molar-refractivity contribution in [1.29, 1.82) is 0 Å². The predicted molar refractivity (Wildman–Crippen MR) is 82.5 cm³/mol. The lowest BCUT2D eigenvalue weighted by atomic mass is 9.98. The Bertz CT molecular complexity index is 639. The summed E-state index contributed by atoms with van der Waals surface area (Å²) in [6, 6.07) is 3.62. The van der Waals surface area contributed by atoms with Crippen LogP contribution in [0.25, 0.3) is 0 Å². The zero-order valence-electron chi connectivity index (χ0n) is 12.6. The van der Waals surface area contributed by atoms with Crippen molar-refractivity contribution in [3.8, 4) is 0 Å². The summed E-state index contributed by atoms with van der Waals surface area (Å²) < 4.78 is 26.4. The quantitative estimate of drug-likeness (QED) is 0.840. The number of nitrogens with one attached hydrogen (secondary N) is 1. The molecule has 0 saturated carbocycles. The molecule has 118 valence electrons. The lowest BCUT2D eigenvalue weighted by molar-refractivity contribution is 0.169. The molecule has 1 N–H and O–H groups in total. The molecule has 1 saturated heterocycles. The topological polar surface area (TPSA) is 71.4 Å². The Labute approximate surface area is 125 Å². The average Bonchev–Trinajstić information content (AvgIpc) is 2.40. The molecule has 6 nitrogen and oxygen atoms in total. The number of nitrogens with zero attached hydrogens (tertiary/aromatic N) is 2. The van der Waals surface area contributed by atoms with Crippen LogP contribution in [0, 0.1) is 5.92 Å². The van der Waals surface area contributed by atoms with Crippen LogP contribution in [0.1, 0.15) is 18.4 Å². The molecule has 0 aromatic carbocycles. The lowest BCUT2D eigenvalue weighted by Crippen LogP contribution is -2.40. The third kappa shape index (κ3) is 5.26. The van der Waals surface area contributed by atoms with Gasteiger partial charge >= 0.3 is 0 Å². The summed E-state index contributed by atoms with van der Waals surface area (Å²) in [6.45, 7) is 3.08. The van der Waals surface area contributed by atoms with Crippen molar-refractivity contribution < 1.29 is 8.42 Å². The number of aryl methyl sites for hydroxylation is 1. The molecule has 1 aromatic heterocycles. The van der Waals surface area contributed by atoms with Crippen LogP contribution in [0.2, 0.25) is 0 Å². The van der Waals surface area contributed by atoms with Gasteiger partial charge in [-0.05, 0) is 36.9 Å². The second-order valence-electron chi connectivity index (χ2n) is 5.85. The van der Waals surface area contributed by atoms with Gasteiger partial charge in [-0.3, -0.25) is 9.69 Å². The molecule has 1 aliphatic heterocycles. The number of pyridine rings is 1. The van der Waals surface area contributed by atoms with Gasteiger partial charge in [0.05, 0.1) is 6.26 Å². The summed E-state index contributed by atoms with van der Waals surface area (Å²) >= 11 is 0. The van der Waals surface area contributed by atoms with Gasteiger partial charge in [0.25, 0.3) is 5.56 Å². The van der Waals surface area contributed by atoms with E-state index in [0.717, 1.165) is 38.0 Å². The molecule has 0 bridgehead atoms. The van der Waals surface area contributed by atoms with Crippen LogP contribution in [0.15, 0.2) is 23.1 Å². The number of hydrogen-bond donors (Lipinski definition) is 1. The Morgan fingerprint density at radius 2 is 2.19 bits per heavy atom. The van der Waals surface area contributed by atoms with E-state index in [4.69, 9.17) is 0 Å². The lowest BCUT2D eigenvalue weighted by Gasteiger charge is -2.32. The number of rotatable bonds is 5. The van der Waals surface area contributed by atoms with Crippen molar-refractivity contribution in [3.05, 3.63) is 34.2 Å². The van der Waals surface area contributed by atoms with Gasteiger partial charge in [0.1, 0.15) is 0 Å². The second-order valence-corrected chi connectivity index (χ2v) is 7.68. The number of sulfonamides is 1. The molecular weight excluding hydrogens is 290 g/mol. The van der Waals surface area contributed by atoms with Gasteiger partial charge in [-0.2, -0.15) is 0 Å². The highest BCUT2D eigenvalue weighted by atomic mass is 32.2. The van der Waals surface area contributed by atoms with Crippen LogP contribution in [0.3, 0.4) is 0 Å². The summed E-state index contributed by atoms with van der Waals surface area (Å²) in [6.07, 6.45) is 5.06. The monoisotopic (exact) mass is 313 g/mol. The van der Waals surface area contributed by atoms with Crippen LogP contribution in [0.4, 0.5) is 0 Å². The maximum Gasteiger partial charge on any atom is 0.250 e. The first-order valence-corrected chi connectivity index (χ1v) is 9.05. The van der Waals surface area contributed by atoms with Gasteiger partial charge in [-0.15, -0.1) is 0 Å². The van der Waals surface area contributed by atoms with Crippen molar-refractivity contribution in [2.75, 3.05) is 25.9 Å². The predicted octanol–water partition coefficient (Wildman–Crippen LogP) is 0.147. The van der Waals surface area contributed by atoms with E-state index in [9.17, 15) is 13.2 Å². The van der Waals surface area contributed by atoms with Crippen LogP contribution in [0.5, 0.6) is 0 Å². The minimum Gasteiger partial charge on any atom is -0.319 e. The third-order valence-corrected chi connectivity index (χ3v) is 4.50. The fraction of sp³-hybridized carbons (Fsp3) is 0.643. The van der Waals surface area contributed by atoms with Crippen LogP contribution < -0.4 is 10.3 Å². The summed E-state index contributed by atoms with van der Waals surface area (Å²) in [7, 11) is -1.39. The maximum absolute atomic E-state index is 11.6. The second kappa shape index (κ2) is 6.72. The molecule has 1 aromatic rings. The summed E-state index contributed by atoms with van der Waals surface area (Å²) in [5.74, 6) is 0.333. The molecule has 21 heavy (non-hydrogen) atoms. The smallest absolute Gasteiger partial charge is 0.250 e. The number of piperidine rings is 1. The molecule has 0 spiro atoms. The number of aromatic nitrogens is 1. The fourth-order valence-corrected chi connectivity index (χ4v) is 3.22. The van der Waals surface area contributed by atoms with E-state index in [1.807, 2.05) is 6.07 Å². The molecule has 2 rings (SSSR count). The van der Waals surface area contributed by atoms with E-state index < -0.39 is 10.0 Å². The minimum absolute atomic E-state index is 0.000183. The largest absolute Gasteiger partial charge is 0.319 e. The average molecular weight is 313 g/mol. The van der Waals surface area contributed by atoms with Gasteiger partial charge in [-0.25, -0.2) is 13.1 Å². The molecule has 0 unspecified atom stereocenters. The molecular formula is C14H23N3O3S.